The van der Waals surface area contributed by atoms with Gasteiger partial charge in [-0.1, -0.05) is 147 Å². The number of para-hydroxylation sites is 2. The molecule has 0 amide bonds. The number of furan rings is 1. The molecule has 336 valence electrons. The summed E-state index contributed by atoms with van der Waals surface area (Å²) < 4.78 is 9.37. The summed E-state index contributed by atoms with van der Waals surface area (Å²) in [5, 5.41) is 9.54. The van der Waals surface area contributed by atoms with Gasteiger partial charge in [0.1, 0.15) is 11.2 Å². The normalized spacial score (nSPS) is 11.9. The summed E-state index contributed by atoms with van der Waals surface area (Å²) in [4.78, 5) is 4.74. The van der Waals surface area contributed by atoms with Crippen LogP contribution in [0.1, 0.15) is 25.3 Å². The Balaban J connectivity index is 0.929. The van der Waals surface area contributed by atoms with Crippen molar-refractivity contribution in [2.75, 3.05) is 9.80 Å². The van der Waals surface area contributed by atoms with Crippen LogP contribution >= 0.6 is 0 Å². The van der Waals surface area contributed by atoms with Gasteiger partial charge in [0, 0.05) is 66.8 Å². The Bertz CT molecular complexity index is 4270. The van der Waals surface area contributed by atoms with Crippen molar-refractivity contribution < 1.29 is 4.42 Å². The predicted octanol–water partition coefficient (Wildman–Crippen LogP) is 19.3. The minimum absolute atomic E-state index is 0.384. The number of nitrogens with zero attached hydrogens (tertiary/aromatic N) is 3. The predicted molar refractivity (Wildman–Crippen MR) is 300 cm³/mol. The molecule has 0 unspecified atom stereocenters. The van der Waals surface area contributed by atoms with Crippen molar-refractivity contribution in [1.82, 2.24) is 4.40 Å². The highest BCUT2D eigenvalue weighted by atomic mass is 16.3. The number of hydrogen-bond donors (Lipinski definition) is 0. The fourth-order valence-corrected chi connectivity index (χ4v) is 11.1. The maximum Gasteiger partial charge on any atom is 0.137 e. The summed E-state index contributed by atoms with van der Waals surface area (Å²) in [5.74, 6) is 0.384. The minimum Gasteiger partial charge on any atom is -0.456 e. The maximum atomic E-state index is 6.85. The van der Waals surface area contributed by atoms with E-state index in [0.29, 0.717) is 5.92 Å². The molecule has 0 saturated heterocycles. The highest BCUT2D eigenvalue weighted by Gasteiger charge is 2.25. The third-order valence-electron chi connectivity index (χ3n) is 14.6. The van der Waals surface area contributed by atoms with E-state index in [1.165, 1.54) is 71.3 Å². The van der Waals surface area contributed by atoms with Crippen LogP contribution in [0.15, 0.2) is 247 Å². The first-order valence-electron chi connectivity index (χ1n) is 24.6. The molecule has 0 fully saturated rings. The molecular weight excluding hydrogens is 863 g/mol. The topological polar surface area (TPSA) is 24.0 Å². The van der Waals surface area contributed by atoms with Crippen LogP contribution in [-0.2, 0) is 0 Å². The second-order valence-electron chi connectivity index (χ2n) is 19.1. The average Bonchev–Trinajstić information content (AvgIpc) is 4.07. The van der Waals surface area contributed by atoms with Crippen LogP contribution < -0.4 is 9.80 Å². The quantitative estimate of drug-likeness (QED) is 0.144. The Morgan fingerprint density at radius 3 is 1.49 bits per heavy atom. The van der Waals surface area contributed by atoms with Gasteiger partial charge in [-0.3, -0.25) is 0 Å². The summed E-state index contributed by atoms with van der Waals surface area (Å²) in [6, 6.07) is 88.2. The molecule has 11 aromatic carbocycles. The lowest BCUT2D eigenvalue weighted by Gasteiger charge is -2.27. The third kappa shape index (κ3) is 6.67. The zero-order valence-electron chi connectivity index (χ0n) is 39.4. The van der Waals surface area contributed by atoms with Crippen molar-refractivity contribution in [3.05, 3.63) is 248 Å². The van der Waals surface area contributed by atoms with Crippen LogP contribution in [0, 0.1) is 0 Å². The first-order valence-corrected chi connectivity index (χ1v) is 24.6. The van der Waals surface area contributed by atoms with Gasteiger partial charge in [0.2, 0.25) is 0 Å². The number of rotatable bonds is 9. The fraction of sp³-hybridized carbons (Fsp3) is 0.0448. The maximum absolute atomic E-state index is 6.85. The molecular formula is C67H47N3O. The number of hydrogen-bond acceptors (Lipinski definition) is 3. The van der Waals surface area contributed by atoms with E-state index >= 15 is 0 Å². The van der Waals surface area contributed by atoms with E-state index in [9.17, 15) is 0 Å². The Kier molecular flexibility index (Phi) is 9.37. The molecule has 0 aliphatic rings. The van der Waals surface area contributed by atoms with E-state index in [4.69, 9.17) is 4.42 Å². The van der Waals surface area contributed by atoms with E-state index in [2.05, 4.69) is 271 Å². The molecule has 71 heavy (non-hydrogen) atoms. The third-order valence-corrected chi connectivity index (χ3v) is 14.6. The molecule has 0 saturated carbocycles. The second-order valence-corrected chi connectivity index (χ2v) is 19.1. The average molecular weight is 910 g/mol. The molecule has 0 N–H and O–H groups in total. The van der Waals surface area contributed by atoms with Crippen molar-refractivity contribution >= 4 is 105 Å². The number of anilines is 6. The molecule has 3 aromatic heterocycles. The molecule has 4 nitrogen and oxygen atoms in total. The fourth-order valence-electron chi connectivity index (χ4n) is 11.1. The summed E-state index contributed by atoms with van der Waals surface area (Å²) in [6.45, 7) is 4.57. The van der Waals surface area contributed by atoms with Crippen molar-refractivity contribution in [2.24, 2.45) is 0 Å². The van der Waals surface area contributed by atoms with Crippen LogP contribution in [-0.4, -0.2) is 4.40 Å². The Labute approximate surface area is 411 Å². The summed E-state index contributed by atoms with van der Waals surface area (Å²) in [7, 11) is 0. The van der Waals surface area contributed by atoms with Crippen LogP contribution in [0.25, 0.3) is 93.1 Å². The highest BCUT2D eigenvalue weighted by molar-refractivity contribution is 6.29. The Morgan fingerprint density at radius 2 is 0.859 bits per heavy atom. The van der Waals surface area contributed by atoms with Crippen molar-refractivity contribution in [1.29, 1.82) is 0 Å². The smallest absolute Gasteiger partial charge is 0.137 e. The van der Waals surface area contributed by atoms with Crippen LogP contribution in [0.2, 0.25) is 0 Å². The monoisotopic (exact) mass is 909 g/mol. The van der Waals surface area contributed by atoms with Gasteiger partial charge in [-0.15, -0.1) is 0 Å². The van der Waals surface area contributed by atoms with E-state index in [1.54, 1.807) is 0 Å². The first-order chi connectivity index (χ1) is 35.0. The Morgan fingerprint density at radius 1 is 0.352 bits per heavy atom. The molecule has 0 aliphatic heterocycles. The molecule has 3 heterocycles. The summed E-state index contributed by atoms with van der Waals surface area (Å²) in [6.07, 6.45) is 0. The van der Waals surface area contributed by atoms with Crippen molar-refractivity contribution in [2.45, 2.75) is 19.8 Å². The van der Waals surface area contributed by atoms with Gasteiger partial charge >= 0.3 is 0 Å². The number of aromatic nitrogens is 1. The molecule has 0 bridgehead atoms. The molecule has 0 radical (unpaired) electrons. The Hall–Kier alpha value is -9.12. The molecule has 14 aromatic rings. The lowest BCUT2D eigenvalue weighted by molar-refractivity contribution is 0.669. The van der Waals surface area contributed by atoms with Gasteiger partial charge in [0.15, 0.2) is 0 Å². The van der Waals surface area contributed by atoms with Gasteiger partial charge in [-0.05, 0) is 148 Å². The number of fused-ring (bicyclic) bond motifs is 10. The van der Waals surface area contributed by atoms with Gasteiger partial charge in [0.05, 0.1) is 22.2 Å². The largest absolute Gasteiger partial charge is 0.456 e. The van der Waals surface area contributed by atoms with E-state index in [-0.39, 0.29) is 0 Å². The molecule has 14 rings (SSSR count). The molecule has 0 spiro atoms. The summed E-state index contributed by atoms with van der Waals surface area (Å²) in [5.41, 5.74) is 18.1. The van der Waals surface area contributed by atoms with Crippen LogP contribution in [0.4, 0.5) is 34.1 Å². The zero-order chi connectivity index (χ0) is 47.2. The second kappa shape index (κ2) is 16.3. The molecule has 0 aliphatic carbocycles. The van der Waals surface area contributed by atoms with Crippen LogP contribution in [0.5, 0.6) is 0 Å². The SMILES string of the molecule is CC(C)c1ccc2c(c1)c1c(N(c3ccccc3)c3ccc(-c4ccccc4)cc3)ccc3c4cc5cc6c(cc5cc4n2c31)oc1cc(N(c2ccccc2)c2ccc(-c3ccccc3)cc2)ccc16. The van der Waals surface area contributed by atoms with E-state index in [1.807, 2.05) is 0 Å². The minimum atomic E-state index is 0.384. The van der Waals surface area contributed by atoms with Crippen molar-refractivity contribution in [3.63, 3.8) is 0 Å². The molecule has 4 heteroatoms. The van der Waals surface area contributed by atoms with Gasteiger partial charge in [-0.25, -0.2) is 0 Å². The highest BCUT2D eigenvalue weighted by Crippen LogP contribution is 2.49. The van der Waals surface area contributed by atoms with Gasteiger partial charge in [0.25, 0.3) is 0 Å². The lowest BCUT2D eigenvalue weighted by atomic mass is 9.98. The molecule has 0 atom stereocenters. The standard InChI is InChI=1S/C67H47N3O/c1-43(2)48-27-35-61-60(37-48)66-62(69(52-21-13-6-14-22-52)54-30-25-47(26-31-54)45-17-9-4-10-18-45)36-34-57-58-38-49-39-59-56-33-32-55(42-65(56)71-64(59)41-50(49)40-63(58)70(61)67(57)66)68(51-19-11-5-12-20-51)53-28-23-46(24-29-53)44-15-7-3-8-16-44/h3-43H,1-2H3. The first kappa shape index (κ1) is 40.9. The number of benzene rings is 11. The van der Waals surface area contributed by atoms with Crippen LogP contribution in [0.3, 0.4) is 0 Å². The van der Waals surface area contributed by atoms with E-state index < -0.39 is 0 Å². The summed E-state index contributed by atoms with van der Waals surface area (Å²) >= 11 is 0. The lowest BCUT2D eigenvalue weighted by Crippen LogP contribution is -2.10. The van der Waals surface area contributed by atoms with Gasteiger partial charge < -0.3 is 18.6 Å². The van der Waals surface area contributed by atoms with Gasteiger partial charge in [-0.2, -0.15) is 0 Å². The van der Waals surface area contributed by atoms with Crippen molar-refractivity contribution in [3.8, 4) is 22.3 Å². The van der Waals surface area contributed by atoms with E-state index in [0.717, 1.165) is 61.4 Å². The zero-order valence-corrected chi connectivity index (χ0v) is 39.4.